The van der Waals surface area contributed by atoms with Crippen molar-refractivity contribution in [2.45, 2.75) is 44.8 Å². The van der Waals surface area contributed by atoms with Gasteiger partial charge in [-0.3, -0.25) is 0 Å². The van der Waals surface area contributed by atoms with Gasteiger partial charge in [0.25, 0.3) is 0 Å². The zero-order valence-corrected chi connectivity index (χ0v) is 23.4. The Morgan fingerprint density at radius 3 is 2.11 bits per heavy atom. The molecule has 0 atom stereocenters. The molecular formula is C30H30BCl2NO4. The molecule has 0 unspecified atom stereocenters. The van der Waals surface area contributed by atoms with Crippen LogP contribution in [0.2, 0.25) is 10.0 Å². The second-order valence-corrected chi connectivity index (χ2v) is 11.4. The van der Waals surface area contributed by atoms with Gasteiger partial charge in [-0.15, -0.1) is 0 Å². The molecule has 1 aliphatic carbocycles. The summed E-state index contributed by atoms with van der Waals surface area (Å²) >= 11 is 12.7. The molecule has 0 spiro atoms. The molecule has 0 radical (unpaired) electrons. The summed E-state index contributed by atoms with van der Waals surface area (Å²) in [6, 6.07) is 21.9. The first-order valence-corrected chi connectivity index (χ1v) is 13.4. The fourth-order valence-electron chi connectivity index (χ4n) is 4.85. The molecule has 0 saturated carbocycles. The smallest absolute Gasteiger partial charge is 0.449 e. The van der Waals surface area contributed by atoms with Crippen molar-refractivity contribution in [2.24, 2.45) is 0 Å². The minimum Gasteiger partial charge on any atom is -0.449 e. The third-order valence-corrected chi connectivity index (χ3v) is 8.49. The van der Waals surface area contributed by atoms with E-state index < -0.39 is 24.4 Å². The van der Waals surface area contributed by atoms with E-state index in [2.05, 4.69) is 29.6 Å². The molecule has 2 aliphatic rings. The number of benzene rings is 3. The lowest BCUT2D eigenvalue weighted by atomic mass is 9.77. The van der Waals surface area contributed by atoms with Gasteiger partial charge in [-0.05, 0) is 67.1 Å². The van der Waals surface area contributed by atoms with Crippen LogP contribution >= 0.6 is 23.2 Å². The maximum absolute atomic E-state index is 12.9. The van der Waals surface area contributed by atoms with Crippen LogP contribution in [-0.2, 0) is 14.0 Å². The van der Waals surface area contributed by atoms with Crippen LogP contribution < -0.4 is 5.32 Å². The average Bonchev–Trinajstić information content (AvgIpc) is 3.32. The summed E-state index contributed by atoms with van der Waals surface area (Å²) in [5.41, 5.74) is 5.00. The number of amides is 1. The van der Waals surface area contributed by atoms with Crippen molar-refractivity contribution in [3.8, 4) is 11.1 Å². The van der Waals surface area contributed by atoms with E-state index in [1.165, 1.54) is 11.1 Å². The van der Waals surface area contributed by atoms with Crippen molar-refractivity contribution in [2.75, 3.05) is 13.2 Å². The van der Waals surface area contributed by atoms with E-state index in [0.29, 0.717) is 21.1 Å². The number of nitrogens with one attached hydrogen (secondary N) is 1. The topological polar surface area (TPSA) is 56.8 Å². The van der Waals surface area contributed by atoms with Crippen molar-refractivity contribution in [3.05, 3.63) is 98.9 Å². The van der Waals surface area contributed by atoms with Crippen molar-refractivity contribution in [1.29, 1.82) is 0 Å². The molecule has 5 rings (SSSR count). The Hall–Kier alpha value is -2.77. The third kappa shape index (κ3) is 5.11. The average molecular weight is 550 g/mol. The SMILES string of the molecule is CC1(C)OB(C(=Cc2cccc(Cl)c2Cl)CNC(=O)OCC2c3ccccc3-c3ccccc32)OC1(C)C. The standard InChI is InChI=1S/C30H30BCl2NO4/c1-29(2)30(3,4)38-31(37-29)20(16-19-10-9-15-26(32)27(19)33)17-34-28(35)36-18-25-23-13-7-5-11-21(23)22-12-6-8-14-24(22)25/h5-16,25H,17-18H2,1-4H3,(H,34,35). The van der Waals surface area contributed by atoms with Crippen LogP contribution in [0.15, 0.2) is 72.2 Å². The fraction of sp³-hybridized carbons (Fsp3) is 0.300. The number of fused-ring (bicyclic) bond motifs is 3. The summed E-state index contributed by atoms with van der Waals surface area (Å²) in [6.07, 6.45) is 1.33. The highest BCUT2D eigenvalue weighted by atomic mass is 35.5. The number of rotatable bonds is 6. The van der Waals surface area contributed by atoms with Crippen molar-refractivity contribution >= 4 is 42.5 Å². The number of alkyl carbamates (subject to hydrolysis) is 1. The first-order valence-electron chi connectivity index (χ1n) is 12.7. The van der Waals surface area contributed by atoms with E-state index in [0.717, 1.165) is 11.1 Å². The summed E-state index contributed by atoms with van der Waals surface area (Å²) in [5.74, 6) is -0.0171. The zero-order valence-electron chi connectivity index (χ0n) is 21.9. The van der Waals surface area contributed by atoms with E-state index in [-0.39, 0.29) is 19.1 Å². The second kappa shape index (κ2) is 10.4. The Balaban J connectivity index is 1.31. The van der Waals surface area contributed by atoms with E-state index >= 15 is 0 Å². The van der Waals surface area contributed by atoms with Gasteiger partial charge >= 0.3 is 13.2 Å². The molecule has 1 fully saturated rings. The molecule has 196 valence electrons. The lowest BCUT2D eigenvalue weighted by Gasteiger charge is -2.32. The molecule has 3 aromatic rings. The number of carbonyl (C=O) groups is 1. The van der Waals surface area contributed by atoms with Crippen LogP contribution in [0.25, 0.3) is 17.2 Å². The lowest BCUT2D eigenvalue weighted by molar-refractivity contribution is 0.00578. The van der Waals surface area contributed by atoms with Gasteiger partial charge in [-0.1, -0.05) is 89.9 Å². The zero-order chi connectivity index (χ0) is 27.1. The van der Waals surface area contributed by atoms with Crippen LogP contribution in [0.3, 0.4) is 0 Å². The van der Waals surface area contributed by atoms with Gasteiger partial charge in [0.15, 0.2) is 0 Å². The number of ether oxygens (including phenoxy) is 1. The fourth-order valence-corrected chi connectivity index (χ4v) is 5.21. The van der Waals surface area contributed by atoms with E-state index in [9.17, 15) is 4.79 Å². The van der Waals surface area contributed by atoms with Crippen molar-refractivity contribution in [3.63, 3.8) is 0 Å². The van der Waals surface area contributed by atoms with Crippen LogP contribution in [0.5, 0.6) is 0 Å². The largest absolute Gasteiger partial charge is 0.492 e. The molecule has 0 bridgehead atoms. The highest BCUT2D eigenvalue weighted by Crippen LogP contribution is 2.44. The van der Waals surface area contributed by atoms with E-state index in [4.69, 9.17) is 37.2 Å². The van der Waals surface area contributed by atoms with Crippen molar-refractivity contribution < 1.29 is 18.8 Å². The minimum atomic E-state index is -0.677. The molecule has 5 nitrogen and oxygen atoms in total. The molecule has 1 aliphatic heterocycles. The minimum absolute atomic E-state index is 0.0171. The molecule has 3 aromatic carbocycles. The summed E-state index contributed by atoms with van der Waals surface area (Å²) in [4.78, 5) is 12.9. The Labute approximate surface area is 234 Å². The molecule has 8 heteroatoms. The van der Waals surface area contributed by atoms with Gasteiger partial charge in [-0.2, -0.15) is 0 Å². The number of hydrogen-bond donors (Lipinski definition) is 1. The van der Waals surface area contributed by atoms with Crippen molar-refractivity contribution in [1.82, 2.24) is 5.32 Å². The Morgan fingerprint density at radius 2 is 1.50 bits per heavy atom. The number of hydrogen-bond acceptors (Lipinski definition) is 4. The first kappa shape index (κ1) is 26.8. The second-order valence-electron chi connectivity index (χ2n) is 10.6. The highest BCUT2D eigenvalue weighted by Gasteiger charge is 2.52. The lowest BCUT2D eigenvalue weighted by Crippen LogP contribution is -2.41. The molecule has 1 amide bonds. The number of carbonyl (C=O) groups excluding carboxylic acids is 1. The first-order chi connectivity index (χ1) is 18.1. The predicted octanol–water partition coefficient (Wildman–Crippen LogP) is 7.55. The maximum Gasteiger partial charge on any atom is 0.492 e. The molecule has 1 heterocycles. The van der Waals surface area contributed by atoms with Gasteiger partial charge in [0.2, 0.25) is 0 Å². The summed E-state index contributed by atoms with van der Waals surface area (Å²) < 4.78 is 18.2. The van der Waals surface area contributed by atoms with Crippen LogP contribution in [-0.4, -0.2) is 37.6 Å². The van der Waals surface area contributed by atoms with E-state index in [1.54, 1.807) is 6.07 Å². The quantitative estimate of drug-likeness (QED) is 0.322. The maximum atomic E-state index is 12.9. The van der Waals surface area contributed by atoms with Gasteiger partial charge in [0, 0.05) is 12.5 Å². The summed E-state index contributed by atoms with van der Waals surface area (Å²) in [7, 11) is -0.677. The Bertz CT molecular complexity index is 1340. The Kier molecular flexibility index (Phi) is 7.36. The molecule has 38 heavy (non-hydrogen) atoms. The summed E-state index contributed by atoms with van der Waals surface area (Å²) in [5, 5.41) is 3.74. The molecule has 0 aromatic heterocycles. The third-order valence-electron chi connectivity index (χ3n) is 7.66. The predicted molar refractivity (Wildman–Crippen MR) is 154 cm³/mol. The van der Waals surface area contributed by atoms with Gasteiger partial charge in [0.1, 0.15) is 6.61 Å². The molecular weight excluding hydrogens is 520 g/mol. The summed E-state index contributed by atoms with van der Waals surface area (Å²) in [6.45, 7) is 8.31. The number of halogens is 2. The van der Waals surface area contributed by atoms with Crippen LogP contribution in [0.1, 0.15) is 50.3 Å². The van der Waals surface area contributed by atoms with E-state index in [1.807, 2.05) is 70.2 Å². The molecule has 1 N–H and O–H groups in total. The molecule has 1 saturated heterocycles. The van der Waals surface area contributed by atoms with Gasteiger partial charge < -0.3 is 19.4 Å². The monoisotopic (exact) mass is 549 g/mol. The van der Waals surface area contributed by atoms with Gasteiger partial charge in [0.05, 0.1) is 21.2 Å². The highest BCUT2D eigenvalue weighted by molar-refractivity contribution is 6.56. The normalized spacial score (nSPS) is 17.7. The van der Waals surface area contributed by atoms with Crippen LogP contribution in [0.4, 0.5) is 4.79 Å². The Morgan fingerprint density at radius 1 is 0.921 bits per heavy atom. The van der Waals surface area contributed by atoms with Gasteiger partial charge in [-0.25, -0.2) is 4.79 Å². The van der Waals surface area contributed by atoms with Crippen LogP contribution in [0, 0.1) is 0 Å².